The fraction of sp³-hybridized carbons (Fsp3) is 0.0714. The number of phenols is 2. The van der Waals surface area contributed by atoms with Gasteiger partial charge in [0.25, 0.3) is 5.69 Å². The molecule has 0 aromatic heterocycles. The molecule has 0 spiro atoms. The first-order valence-corrected chi connectivity index (χ1v) is 6.55. The highest BCUT2D eigenvalue weighted by atomic mass is 16.6. The van der Waals surface area contributed by atoms with Gasteiger partial charge >= 0.3 is 5.69 Å². The SMILES string of the molecule is CC(=NNc1ccc([N+](=O)[O-])cc1[N+](=O)[O-])c1ccc(O)cc1O. The summed E-state index contributed by atoms with van der Waals surface area (Å²) >= 11 is 0. The molecule has 2 rings (SSSR count). The van der Waals surface area contributed by atoms with Crippen molar-refractivity contribution in [3.63, 3.8) is 0 Å². The van der Waals surface area contributed by atoms with Gasteiger partial charge in [-0.25, -0.2) is 0 Å². The fourth-order valence-corrected chi connectivity index (χ4v) is 1.91. The number of nitrogens with zero attached hydrogens (tertiary/aromatic N) is 3. The molecule has 0 saturated heterocycles. The number of hydrogen-bond donors (Lipinski definition) is 3. The Bertz CT molecular complexity index is 849. The maximum absolute atomic E-state index is 11.0. The Kier molecular flexibility index (Phi) is 4.59. The Hall–Kier alpha value is -3.69. The largest absolute Gasteiger partial charge is 0.508 e. The molecule has 2 aromatic carbocycles. The highest BCUT2D eigenvalue weighted by Crippen LogP contribution is 2.29. The van der Waals surface area contributed by atoms with E-state index in [0.29, 0.717) is 11.3 Å². The normalized spacial score (nSPS) is 11.1. The second-order valence-electron chi connectivity index (χ2n) is 4.73. The molecule has 10 heteroatoms. The van der Waals surface area contributed by atoms with Crippen molar-refractivity contribution < 1.29 is 20.1 Å². The van der Waals surface area contributed by atoms with Crippen LogP contribution >= 0.6 is 0 Å². The highest BCUT2D eigenvalue weighted by Gasteiger charge is 2.19. The number of phenolic OH excluding ortho intramolecular Hbond substituents is 2. The molecule has 124 valence electrons. The van der Waals surface area contributed by atoms with Crippen LogP contribution in [0.25, 0.3) is 0 Å². The number of anilines is 1. The van der Waals surface area contributed by atoms with Crippen LogP contribution in [0.2, 0.25) is 0 Å². The van der Waals surface area contributed by atoms with Crippen molar-refractivity contribution in [2.24, 2.45) is 5.10 Å². The minimum absolute atomic E-state index is 0.0387. The summed E-state index contributed by atoms with van der Waals surface area (Å²) in [5.41, 5.74) is 2.10. The van der Waals surface area contributed by atoms with E-state index in [4.69, 9.17) is 0 Å². The molecule has 0 radical (unpaired) electrons. The lowest BCUT2D eigenvalue weighted by Crippen LogP contribution is -2.02. The zero-order chi connectivity index (χ0) is 17.9. The van der Waals surface area contributed by atoms with Gasteiger partial charge in [0.2, 0.25) is 0 Å². The molecule has 0 aliphatic heterocycles. The van der Waals surface area contributed by atoms with Crippen LogP contribution < -0.4 is 5.43 Å². The van der Waals surface area contributed by atoms with Crippen LogP contribution in [-0.4, -0.2) is 25.8 Å². The van der Waals surface area contributed by atoms with Gasteiger partial charge in [-0.15, -0.1) is 0 Å². The molecule has 0 unspecified atom stereocenters. The Morgan fingerprint density at radius 3 is 2.38 bits per heavy atom. The third-order valence-electron chi connectivity index (χ3n) is 3.10. The molecule has 0 heterocycles. The third kappa shape index (κ3) is 3.55. The highest BCUT2D eigenvalue weighted by molar-refractivity contribution is 6.01. The van der Waals surface area contributed by atoms with Crippen LogP contribution in [0.15, 0.2) is 41.5 Å². The number of non-ortho nitro benzene ring substituents is 1. The van der Waals surface area contributed by atoms with Crippen molar-refractivity contribution in [1.82, 2.24) is 0 Å². The second-order valence-corrected chi connectivity index (χ2v) is 4.73. The molecular weight excluding hydrogens is 320 g/mol. The van der Waals surface area contributed by atoms with Gasteiger partial charge in [0.15, 0.2) is 0 Å². The maximum atomic E-state index is 11.0. The van der Waals surface area contributed by atoms with Crippen molar-refractivity contribution in [2.45, 2.75) is 6.92 Å². The molecule has 3 N–H and O–H groups in total. The van der Waals surface area contributed by atoms with Crippen molar-refractivity contribution >= 4 is 22.8 Å². The predicted octanol–water partition coefficient (Wildman–Crippen LogP) is 2.75. The van der Waals surface area contributed by atoms with Crippen LogP contribution in [-0.2, 0) is 0 Å². The lowest BCUT2D eigenvalue weighted by atomic mass is 10.1. The van der Waals surface area contributed by atoms with Gasteiger partial charge in [-0.05, 0) is 25.1 Å². The van der Waals surface area contributed by atoms with Gasteiger partial charge in [-0.3, -0.25) is 25.7 Å². The summed E-state index contributed by atoms with van der Waals surface area (Å²) in [6.45, 7) is 1.54. The van der Waals surface area contributed by atoms with Crippen LogP contribution in [0.5, 0.6) is 11.5 Å². The molecule has 0 aliphatic rings. The van der Waals surface area contributed by atoms with Crippen molar-refractivity contribution in [1.29, 1.82) is 0 Å². The van der Waals surface area contributed by atoms with Crippen LogP contribution in [0, 0.1) is 20.2 Å². The number of nitro benzene ring substituents is 2. The maximum Gasteiger partial charge on any atom is 0.301 e. The first-order chi connectivity index (χ1) is 11.3. The van der Waals surface area contributed by atoms with Crippen molar-refractivity contribution in [3.8, 4) is 11.5 Å². The summed E-state index contributed by atoms with van der Waals surface area (Å²) in [5.74, 6) is -0.334. The molecule has 24 heavy (non-hydrogen) atoms. The van der Waals surface area contributed by atoms with E-state index < -0.39 is 21.2 Å². The standard InChI is InChI=1S/C14H12N4O6/c1-8(11-4-3-10(19)7-14(11)20)15-16-12-5-2-9(17(21)22)6-13(12)18(23)24/h2-7,16,19-20H,1H3. The number of hydrogen-bond acceptors (Lipinski definition) is 8. The predicted molar refractivity (Wildman–Crippen MR) is 85.4 cm³/mol. The van der Waals surface area contributed by atoms with E-state index in [1.54, 1.807) is 0 Å². The lowest BCUT2D eigenvalue weighted by molar-refractivity contribution is -0.393. The quantitative estimate of drug-likeness (QED) is 0.432. The van der Waals surface area contributed by atoms with Crippen molar-refractivity contribution in [3.05, 3.63) is 62.2 Å². The molecule has 2 aromatic rings. The Morgan fingerprint density at radius 1 is 1.08 bits per heavy atom. The fourth-order valence-electron chi connectivity index (χ4n) is 1.91. The zero-order valence-corrected chi connectivity index (χ0v) is 12.3. The van der Waals surface area contributed by atoms with Crippen LogP contribution in [0.4, 0.5) is 17.1 Å². The summed E-state index contributed by atoms with van der Waals surface area (Å²) in [5, 5.41) is 44.6. The Labute approximate surface area is 135 Å². The minimum Gasteiger partial charge on any atom is -0.508 e. The van der Waals surface area contributed by atoms with E-state index in [9.17, 15) is 30.4 Å². The summed E-state index contributed by atoms with van der Waals surface area (Å²) < 4.78 is 0. The summed E-state index contributed by atoms with van der Waals surface area (Å²) in [7, 11) is 0. The summed E-state index contributed by atoms with van der Waals surface area (Å²) in [6.07, 6.45) is 0. The zero-order valence-electron chi connectivity index (χ0n) is 12.3. The number of hydrazone groups is 1. The van der Waals surface area contributed by atoms with Crippen molar-refractivity contribution in [2.75, 3.05) is 5.43 Å². The number of rotatable bonds is 5. The van der Waals surface area contributed by atoms with Gasteiger partial charge in [-0.2, -0.15) is 5.10 Å². The van der Waals surface area contributed by atoms with Crippen LogP contribution in [0.3, 0.4) is 0 Å². The molecular formula is C14H12N4O6. The second kappa shape index (κ2) is 6.60. The smallest absolute Gasteiger partial charge is 0.301 e. The number of aromatic hydroxyl groups is 2. The van der Waals surface area contributed by atoms with Crippen LogP contribution in [0.1, 0.15) is 12.5 Å². The Morgan fingerprint density at radius 2 is 1.79 bits per heavy atom. The van der Waals surface area contributed by atoms with E-state index >= 15 is 0 Å². The van der Waals surface area contributed by atoms with Gasteiger partial charge in [0.1, 0.15) is 17.2 Å². The number of nitrogens with one attached hydrogen (secondary N) is 1. The van der Waals surface area contributed by atoms with Gasteiger partial charge < -0.3 is 10.2 Å². The summed E-state index contributed by atoms with van der Waals surface area (Å²) in [6, 6.07) is 7.01. The number of benzene rings is 2. The molecule has 10 nitrogen and oxygen atoms in total. The van der Waals surface area contributed by atoms with E-state index in [2.05, 4.69) is 10.5 Å². The average Bonchev–Trinajstić information content (AvgIpc) is 2.52. The number of nitro groups is 2. The van der Waals surface area contributed by atoms with Gasteiger partial charge in [0.05, 0.1) is 21.6 Å². The topological polar surface area (TPSA) is 151 Å². The molecule has 0 amide bonds. The van der Waals surface area contributed by atoms with Gasteiger partial charge in [0, 0.05) is 17.7 Å². The van der Waals surface area contributed by atoms with E-state index in [-0.39, 0.29) is 17.2 Å². The first kappa shape index (κ1) is 16.7. The molecule has 0 bridgehead atoms. The lowest BCUT2D eigenvalue weighted by Gasteiger charge is -2.06. The van der Waals surface area contributed by atoms with Gasteiger partial charge in [-0.1, -0.05) is 0 Å². The average molecular weight is 332 g/mol. The molecule has 0 fully saturated rings. The molecule has 0 aliphatic carbocycles. The first-order valence-electron chi connectivity index (χ1n) is 6.55. The van der Waals surface area contributed by atoms with E-state index in [1.807, 2.05) is 0 Å². The minimum atomic E-state index is -0.766. The van der Waals surface area contributed by atoms with E-state index in [0.717, 1.165) is 18.2 Å². The Balaban J connectivity index is 2.33. The summed E-state index contributed by atoms with van der Waals surface area (Å²) in [4.78, 5) is 20.2. The van der Waals surface area contributed by atoms with E-state index in [1.165, 1.54) is 25.1 Å². The molecule has 0 saturated carbocycles. The third-order valence-corrected chi connectivity index (χ3v) is 3.10. The molecule has 0 atom stereocenters. The monoisotopic (exact) mass is 332 g/mol.